The molecule has 0 aliphatic carbocycles. The Morgan fingerprint density at radius 1 is 1.38 bits per heavy atom. The molecule has 1 aromatic heterocycles. The fraction of sp³-hybridized carbons (Fsp3) is 0.294. The monoisotopic (exact) mass is 280 g/mol. The van der Waals surface area contributed by atoms with Crippen molar-refractivity contribution in [2.45, 2.75) is 26.3 Å². The molecule has 4 nitrogen and oxygen atoms in total. The standard InChI is InChI=1S/C17H20N4/c1-4-9-18-16-11-17(20-13(3)19-16)21-12(2)10-14-7-5-6-8-15(14)21/h4-8,11-12H,1,9-10H2,2-3H3,(H,18,19,20). The molecule has 1 aliphatic heterocycles. The number of anilines is 3. The van der Waals surface area contributed by atoms with Crippen molar-refractivity contribution < 1.29 is 0 Å². The first-order valence-corrected chi connectivity index (χ1v) is 7.26. The molecule has 4 heteroatoms. The van der Waals surface area contributed by atoms with Gasteiger partial charge in [-0.15, -0.1) is 6.58 Å². The number of rotatable bonds is 4. The van der Waals surface area contributed by atoms with Crippen LogP contribution >= 0.6 is 0 Å². The van der Waals surface area contributed by atoms with Gasteiger partial charge in [0, 0.05) is 24.3 Å². The molecule has 2 aromatic rings. The number of aromatic nitrogens is 2. The van der Waals surface area contributed by atoms with Gasteiger partial charge in [-0.25, -0.2) is 9.97 Å². The topological polar surface area (TPSA) is 41.0 Å². The van der Waals surface area contributed by atoms with Crippen LogP contribution in [0.4, 0.5) is 17.3 Å². The highest BCUT2D eigenvalue weighted by molar-refractivity contribution is 5.70. The summed E-state index contributed by atoms with van der Waals surface area (Å²) in [5.41, 5.74) is 2.62. The lowest BCUT2D eigenvalue weighted by molar-refractivity contribution is 0.747. The van der Waals surface area contributed by atoms with E-state index in [1.165, 1.54) is 11.3 Å². The lowest BCUT2D eigenvalue weighted by atomic mass is 10.1. The molecule has 1 unspecified atom stereocenters. The second-order valence-electron chi connectivity index (χ2n) is 5.38. The number of nitrogens with one attached hydrogen (secondary N) is 1. The Bertz CT molecular complexity index is 666. The van der Waals surface area contributed by atoms with E-state index in [-0.39, 0.29) is 0 Å². The summed E-state index contributed by atoms with van der Waals surface area (Å²) in [6, 6.07) is 10.9. The van der Waals surface area contributed by atoms with Crippen LogP contribution in [0.3, 0.4) is 0 Å². The van der Waals surface area contributed by atoms with Crippen LogP contribution in [0.2, 0.25) is 0 Å². The quantitative estimate of drug-likeness (QED) is 0.871. The van der Waals surface area contributed by atoms with E-state index in [4.69, 9.17) is 0 Å². The fourth-order valence-corrected chi connectivity index (χ4v) is 2.86. The molecule has 1 aromatic carbocycles. The highest BCUT2D eigenvalue weighted by atomic mass is 15.2. The van der Waals surface area contributed by atoms with Gasteiger partial charge < -0.3 is 10.2 Å². The number of hydrogen-bond acceptors (Lipinski definition) is 4. The van der Waals surface area contributed by atoms with E-state index in [0.717, 1.165) is 23.9 Å². The zero-order chi connectivity index (χ0) is 14.8. The number of para-hydroxylation sites is 1. The molecule has 2 heterocycles. The van der Waals surface area contributed by atoms with Crippen LogP contribution < -0.4 is 10.2 Å². The van der Waals surface area contributed by atoms with Crippen molar-refractivity contribution in [3.05, 3.63) is 54.4 Å². The zero-order valence-electron chi connectivity index (χ0n) is 12.5. The largest absolute Gasteiger partial charge is 0.366 e. The Morgan fingerprint density at radius 3 is 3.00 bits per heavy atom. The van der Waals surface area contributed by atoms with E-state index in [1.54, 1.807) is 0 Å². The van der Waals surface area contributed by atoms with Gasteiger partial charge in [0.15, 0.2) is 0 Å². The number of aryl methyl sites for hydroxylation is 1. The molecule has 3 rings (SSSR count). The third-order valence-electron chi connectivity index (χ3n) is 3.71. The third-order valence-corrected chi connectivity index (χ3v) is 3.71. The molecule has 0 radical (unpaired) electrons. The van der Waals surface area contributed by atoms with Crippen LogP contribution in [0, 0.1) is 6.92 Å². The minimum Gasteiger partial charge on any atom is -0.366 e. The van der Waals surface area contributed by atoms with Gasteiger partial charge in [-0.3, -0.25) is 0 Å². The molecule has 108 valence electrons. The smallest absolute Gasteiger partial charge is 0.139 e. The minimum absolute atomic E-state index is 0.406. The van der Waals surface area contributed by atoms with Gasteiger partial charge >= 0.3 is 0 Å². The maximum atomic E-state index is 4.62. The van der Waals surface area contributed by atoms with E-state index in [9.17, 15) is 0 Å². The first kappa shape index (κ1) is 13.6. The highest BCUT2D eigenvalue weighted by Gasteiger charge is 2.28. The number of nitrogens with zero attached hydrogens (tertiary/aromatic N) is 3. The molecule has 0 spiro atoms. The Hall–Kier alpha value is -2.36. The summed E-state index contributed by atoms with van der Waals surface area (Å²) >= 11 is 0. The van der Waals surface area contributed by atoms with Gasteiger partial charge in [0.1, 0.15) is 17.5 Å². The average Bonchev–Trinajstić information content (AvgIpc) is 2.80. The van der Waals surface area contributed by atoms with Gasteiger partial charge in [-0.2, -0.15) is 0 Å². The molecule has 0 amide bonds. The van der Waals surface area contributed by atoms with E-state index in [2.05, 4.69) is 58.0 Å². The zero-order valence-corrected chi connectivity index (χ0v) is 12.5. The molecule has 0 bridgehead atoms. The molecule has 1 N–H and O–H groups in total. The van der Waals surface area contributed by atoms with Gasteiger partial charge in [0.25, 0.3) is 0 Å². The minimum atomic E-state index is 0.406. The van der Waals surface area contributed by atoms with Crippen molar-refractivity contribution in [3.63, 3.8) is 0 Å². The normalized spacial score (nSPS) is 16.7. The van der Waals surface area contributed by atoms with E-state index >= 15 is 0 Å². The molecule has 0 saturated carbocycles. The van der Waals surface area contributed by atoms with Gasteiger partial charge in [-0.05, 0) is 31.9 Å². The van der Waals surface area contributed by atoms with E-state index in [0.29, 0.717) is 12.6 Å². The summed E-state index contributed by atoms with van der Waals surface area (Å²) in [6.07, 6.45) is 2.87. The maximum Gasteiger partial charge on any atom is 0.139 e. The lowest BCUT2D eigenvalue weighted by Crippen LogP contribution is -2.25. The predicted octanol–water partition coefficient (Wildman–Crippen LogP) is 3.47. The highest BCUT2D eigenvalue weighted by Crippen LogP contribution is 2.37. The predicted molar refractivity (Wildman–Crippen MR) is 87.2 cm³/mol. The molecule has 1 aliphatic rings. The Labute approximate surface area is 125 Å². The summed E-state index contributed by atoms with van der Waals surface area (Å²) in [5, 5.41) is 3.24. The maximum absolute atomic E-state index is 4.62. The Kier molecular flexibility index (Phi) is 3.60. The van der Waals surface area contributed by atoms with Crippen LogP contribution in [0.15, 0.2) is 43.0 Å². The lowest BCUT2D eigenvalue weighted by Gasteiger charge is -2.24. The molecule has 21 heavy (non-hydrogen) atoms. The molecule has 1 atom stereocenters. The summed E-state index contributed by atoms with van der Waals surface area (Å²) in [5.74, 6) is 2.57. The number of hydrogen-bond donors (Lipinski definition) is 1. The third kappa shape index (κ3) is 2.61. The van der Waals surface area contributed by atoms with Gasteiger partial charge in [0.05, 0.1) is 0 Å². The van der Waals surface area contributed by atoms with Crippen LogP contribution in [0.25, 0.3) is 0 Å². The van der Waals surface area contributed by atoms with Crippen LogP contribution in [0.1, 0.15) is 18.3 Å². The van der Waals surface area contributed by atoms with E-state index in [1.807, 2.05) is 19.1 Å². The van der Waals surface area contributed by atoms with Crippen LogP contribution in [-0.2, 0) is 6.42 Å². The first-order chi connectivity index (χ1) is 10.2. The number of fused-ring (bicyclic) bond motifs is 1. The molecular formula is C17H20N4. The summed E-state index contributed by atoms with van der Waals surface area (Å²) in [6.45, 7) is 8.58. The average molecular weight is 280 g/mol. The number of benzene rings is 1. The van der Waals surface area contributed by atoms with Crippen molar-refractivity contribution in [1.29, 1.82) is 0 Å². The molecule has 0 saturated heterocycles. The van der Waals surface area contributed by atoms with Crippen LogP contribution in [-0.4, -0.2) is 22.6 Å². The Balaban J connectivity index is 2.00. The fourth-order valence-electron chi connectivity index (χ4n) is 2.86. The van der Waals surface area contributed by atoms with Gasteiger partial charge in [-0.1, -0.05) is 24.3 Å². The van der Waals surface area contributed by atoms with Crippen LogP contribution in [0.5, 0.6) is 0 Å². The van der Waals surface area contributed by atoms with Crippen molar-refractivity contribution in [3.8, 4) is 0 Å². The first-order valence-electron chi connectivity index (χ1n) is 7.26. The van der Waals surface area contributed by atoms with Crippen molar-refractivity contribution in [2.75, 3.05) is 16.8 Å². The summed E-state index contributed by atoms with van der Waals surface area (Å²) in [4.78, 5) is 11.3. The molecular weight excluding hydrogens is 260 g/mol. The second-order valence-corrected chi connectivity index (χ2v) is 5.38. The summed E-state index contributed by atoms with van der Waals surface area (Å²) in [7, 11) is 0. The Morgan fingerprint density at radius 2 is 2.19 bits per heavy atom. The van der Waals surface area contributed by atoms with Crippen molar-refractivity contribution >= 4 is 17.3 Å². The molecule has 0 fully saturated rings. The SMILES string of the molecule is C=CCNc1cc(N2c3ccccc3CC2C)nc(C)n1. The summed E-state index contributed by atoms with van der Waals surface area (Å²) < 4.78 is 0. The van der Waals surface area contributed by atoms with Crippen molar-refractivity contribution in [2.24, 2.45) is 0 Å². The van der Waals surface area contributed by atoms with E-state index < -0.39 is 0 Å². The second kappa shape index (κ2) is 5.56. The van der Waals surface area contributed by atoms with Gasteiger partial charge in [0.2, 0.25) is 0 Å². The van der Waals surface area contributed by atoms with Crippen molar-refractivity contribution in [1.82, 2.24) is 9.97 Å².